The highest BCUT2D eigenvalue weighted by molar-refractivity contribution is 7.47. The maximum atomic E-state index is 13.0. The van der Waals surface area contributed by atoms with Crippen molar-refractivity contribution >= 4 is 39.5 Å². The van der Waals surface area contributed by atoms with Crippen molar-refractivity contribution in [2.75, 3.05) is 39.6 Å². The van der Waals surface area contributed by atoms with Crippen LogP contribution >= 0.6 is 15.6 Å². The molecule has 0 saturated heterocycles. The molecule has 86 heavy (non-hydrogen) atoms. The van der Waals surface area contributed by atoms with E-state index in [1.807, 2.05) is 0 Å². The Morgan fingerprint density at radius 1 is 0.314 bits per heavy atom. The summed E-state index contributed by atoms with van der Waals surface area (Å²) in [5.41, 5.74) is 0. The van der Waals surface area contributed by atoms with Crippen molar-refractivity contribution in [2.24, 2.45) is 17.8 Å². The molecule has 0 saturated carbocycles. The van der Waals surface area contributed by atoms with Crippen molar-refractivity contribution in [3.05, 3.63) is 0 Å². The molecule has 0 spiro atoms. The summed E-state index contributed by atoms with van der Waals surface area (Å²) < 4.78 is 68.1. The van der Waals surface area contributed by atoms with Gasteiger partial charge >= 0.3 is 39.5 Å². The molecule has 0 aromatic carbocycles. The molecule has 0 aliphatic heterocycles. The summed E-state index contributed by atoms with van der Waals surface area (Å²) in [4.78, 5) is 72.3. The predicted octanol–water partition coefficient (Wildman–Crippen LogP) is 18.7. The Bertz CT molecular complexity index is 1700. The lowest BCUT2D eigenvalue weighted by Gasteiger charge is -2.21. The molecule has 2 unspecified atom stereocenters. The Balaban J connectivity index is 5.25. The molecule has 5 atom stereocenters. The molecule has 0 amide bonds. The minimum absolute atomic E-state index is 0.105. The second kappa shape index (κ2) is 58.2. The number of phosphoric ester groups is 2. The van der Waals surface area contributed by atoms with Crippen LogP contribution in [0.4, 0.5) is 0 Å². The number of unbranched alkanes of at least 4 members (excludes halogenated alkanes) is 33. The van der Waals surface area contributed by atoms with Crippen molar-refractivity contribution in [3.63, 3.8) is 0 Å². The molecular weight excluding hydrogens is 1140 g/mol. The number of phosphoric acid groups is 2. The van der Waals surface area contributed by atoms with Crippen LogP contribution in [0.5, 0.6) is 0 Å². The number of hydrogen-bond acceptors (Lipinski definition) is 15. The van der Waals surface area contributed by atoms with E-state index in [1.165, 1.54) is 135 Å². The Morgan fingerprint density at radius 3 is 0.791 bits per heavy atom. The normalized spacial score (nSPS) is 14.3. The minimum Gasteiger partial charge on any atom is -0.462 e. The third kappa shape index (κ3) is 60.9. The Kier molecular flexibility index (Phi) is 56.9. The number of aliphatic hydroxyl groups is 1. The van der Waals surface area contributed by atoms with Crippen molar-refractivity contribution in [1.29, 1.82) is 0 Å². The van der Waals surface area contributed by atoms with E-state index in [-0.39, 0.29) is 25.7 Å². The third-order valence-corrected chi connectivity index (χ3v) is 17.3. The monoisotopic (exact) mass is 1270 g/mol. The first kappa shape index (κ1) is 84.1. The molecule has 0 aromatic rings. The van der Waals surface area contributed by atoms with Crippen molar-refractivity contribution < 1.29 is 80.2 Å². The van der Waals surface area contributed by atoms with Gasteiger partial charge in [-0.1, -0.05) is 280 Å². The van der Waals surface area contributed by atoms with Crippen LogP contribution in [0.3, 0.4) is 0 Å². The van der Waals surface area contributed by atoms with Gasteiger partial charge in [0.25, 0.3) is 0 Å². The highest BCUT2D eigenvalue weighted by Gasteiger charge is 2.30. The van der Waals surface area contributed by atoms with Crippen molar-refractivity contribution in [2.45, 2.75) is 349 Å². The number of carbonyl (C=O) groups excluding carboxylic acids is 4. The van der Waals surface area contributed by atoms with Gasteiger partial charge in [-0.25, -0.2) is 9.13 Å². The number of ether oxygens (including phenoxy) is 4. The summed E-state index contributed by atoms with van der Waals surface area (Å²) in [5, 5.41) is 10.6. The first-order valence-electron chi connectivity index (χ1n) is 34.8. The summed E-state index contributed by atoms with van der Waals surface area (Å²) in [5.74, 6) is 0.0569. The Morgan fingerprint density at radius 2 is 0.535 bits per heavy atom. The number of rotatable bonds is 65. The van der Waals surface area contributed by atoms with E-state index in [9.17, 15) is 43.2 Å². The molecule has 0 heterocycles. The Hall–Kier alpha value is -1.94. The highest BCUT2D eigenvalue weighted by atomic mass is 31.2. The molecule has 0 bridgehead atoms. The van der Waals surface area contributed by atoms with Crippen LogP contribution in [0, 0.1) is 17.8 Å². The van der Waals surface area contributed by atoms with Gasteiger partial charge in [0.05, 0.1) is 26.4 Å². The molecule has 19 heteroatoms. The molecule has 0 rings (SSSR count). The molecule has 0 aromatic heterocycles. The summed E-state index contributed by atoms with van der Waals surface area (Å²) in [6.45, 7) is 11.7. The van der Waals surface area contributed by atoms with E-state index in [4.69, 9.17) is 37.0 Å². The van der Waals surface area contributed by atoms with Crippen LogP contribution in [-0.2, 0) is 65.4 Å². The van der Waals surface area contributed by atoms with Crippen molar-refractivity contribution in [1.82, 2.24) is 0 Å². The van der Waals surface area contributed by atoms with Crippen LogP contribution in [0.25, 0.3) is 0 Å². The SMILES string of the molecule is CCCCCCCCCCCCCC(=O)O[C@H](COC(=O)CCCCCCCCC(C)C)COP(=O)(O)OC[C@H](O)COP(=O)(O)OC[C@@H](COC(=O)CCCCCCCCCCCC(C)C)OC(=O)CCCCCCCCCCCCCC(C)C. The molecule has 0 aliphatic carbocycles. The third-order valence-electron chi connectivity index (χ3n) is 15.4. The fourth-order valence-corrected chi connectivity index (χ4v) is 11.6. The molecule has 0 fully saturated rings. The second-order valence-electron chi connectivity index (χ2n) is 25.6. The maximum Gasteiger partial charge on any atom is 0.472 e. The molecule has 3 N–H and O–H groups in total. The molecule has 0 radical (unpaired) electrons. The van der Waals surface area contributed by atoms with Gasteiger partial charge < -0.3 is 33.8 Å². The molecular formula is C67H130O17P2. The zero-order valence-electron chi connectivity index (χ0n) is 55.8. The van der Waals surface area contributed by atoms with Crippen LogP contribution in [0.2, 0.25) is 0 Å². The van der Waals surface area contributed by atoms with Crippen LogP contribution in [0.15, 0.2) is 0 Å². The topological polar surface area (TPSA) is 237 Å². The van der Waals surface area contributed by atoms with Crippen LogP contribution in [0.1, 0.15) is 331 Å². The lowest BCUT2D eigenvalue weighted by atomic mass is 10.0. The zero-order chi connectivity index (χ0) is 63.8. The summed E-state index contributed by atoms with van der Waals surface area (Å²) in [6.07, 6.45) is 40.4. The Labute approximate surface area is 524 Å². The van der Waals surface area contributed by atoms with Gasteiger partial charge in [0.1, 0.15) is 19.3 Å². The van der Waals surface area contributed by atoms with E-state index in [1.54, 1.807) is 0 Å². The van der Waals surface area contributed by atoms with E-state index in [0.29, 0.717) is 31.6 Å². The molecule has 510 valence electrons. The average Bonchev–Trinajstić information content (AvgIpc) is 3.64. The lowest BCUT2D eigenvalue weighted by Crippen LogP contribution is -2.30. The van der Waals surface area contributed by atoms with Gasteiger partial charge in [-0.2, -0.15) is 0 Å². The number of aliphatic hydroxyl groups excluding tert-OH is 1. The standard InChI is InChI=1S/C67H130O17P2/c1-8-9-10-11-12-13-15-21-27-36-43-50-66(71)84-63(55-78-65(70)49-42-35-30-29-33-40-47-60(6)7)57-82-86(75,76)80-53-61(68)52-79-85(73,74)81-56-62(54-77-64(69)48-41-34-26-23-18-20-25-32-39-46-59(4)5)83-67(72)51-44-37-28-22-17-14-16-19-24-31-38-45-58(2)3/h58-63,68H,8-57H2,1-7H3,(H,73,74)(H,75,76)/t61-,62-,63-/m1/s1. The van der Waals surface area contributed by atoms with Gasteiger partial charge in [-0.15, -0.1) is 0 Å². The quantitative estimate of drug-likeness (QED) is 0.0222. The largest absolute Gasteiger partial charge is 0.472 e. The van der Waals surface area contributed by atoms with E-state index in [0.717, 1.165) is 108 Å². The lowest BCUT2D eigenvalue weighted by molar-refractivity contribution is -0.161. The van der Waals surface area contributed by atoms with E-state index in [2.05, 4.69) is 48.5 Å². The smallest absolute Gasteiger partial charge is 0.462 e. The zero-order valence-corrected chi connectivity index (χ0v) is 57.6. The number of hydrogen-bond donors (Lipinski definition) is 3. The average molecular weight is 1270 g/mol. The fourth-order valence-electron chi connectivity index (χ4n) is 10.0. The number of carbonyl (C=O) groups is 4. The van der Waals surface area contributed by atoms with Gasteiger partial charge in [0.2, 0.25) is 0 Å². The van der Waals surface area contributed by atoms with Crippen LogP contribution < -0.4 is 0 Å². The minimum atomic E-state index is -4.95. The van der Waals surface area contributed by atoms with Gasteiger partial charge in [-0.3, -0.25) is 37.3 Å². The maximum absolute atomic E-state index is 13.0. The predicted molar refractivity (Wildman–Crippen MR) is 344 cm³/mol. The summed E-state index contributed by atoms with van der Waals surface area (Å²) >= 11 is 0. The van der Waals surface area contributed by atoms with Gasteiger partial charge in [-0.05, 0) is 43.4 Å². The highest BCUT2D eigenvalue weighted by Crippen LogP contribution is 2.45. The first-order chi connectivity index (χ1) is 41.2. The van der Waals surface area contributed by atoms with E-state index < -0.39 is 97.5 Å². The van der Waals surface area contributed by atoms with Gasteiger partial charge in [0.15, 0.2) is 12.2 Å². The first-order valence-corrected chi connectivity index (χ1v) is 37.8. The summed E-state index contributed by atoms with van der Waals surface area (Å²) in [6, 6.07) is 0. The number of esters is 4. The molecule has 17 nitrogen and oxygen atoms in total. The van der Waals surface area contributed by atoms with Crippen LogP contribution in [-0.4, -0.2) is 96.7 Å². The van der Waals surface area contributed by atoms with Crippen molar-refractivity contribution in [3.8, 4) is 0 Å². The second-order valence-corrected chi connectivity index (χ2v) is 28.5. The fraction of sp³-hybridized carbons (Fsp3) is 0.940. The molecule has 0 aliphatic rings. The van der Waals surface area contributed by atoms with E-state index >= 15 is 0 Å². The summed E-state index contributed by atoms with van der Waals surface area (Å²) in [7, 11) is -9.89. The van der Waals surface area contributed by atoms with Gasteiger partial charge in [0, 0.05) is 25.7 Å².